The Hall–Kier alpha value is -8.62. The van der Waals surface area contributed by atoms with E-state index >= 15 is 0 Å². The third-order valence-corrected chi connectivity index (χ3v) is 9.46. The summed E-state index contributed by atoms with van der Waals surface area (Å²) < 4.78 is 45.7. The lowest BCUT2D eigenvalue weighted by Crippen LogP contribution is -2.46. The van der Waals surface area contributed by atoms with E-state index in [0.717, 1.165) is 12.1 Å². The second kappa shape index (κ2) is 18.8. The van der Waals surface area contributed by atoms with Gasteiger partial charge in [0.2, 0.25) is 11.8 Å². The molecule has 334 valence electrons. The van der Waals surface area contributed by atoms with Crippen molar-refractivity contribution in [2.24, 2.45) is 16.0 Å². The number of nitrogens with one attached hydrogen (secondary N) is 5. The summed E-state index contributed by atoms with van der Waals surface area (Å²) in [6.45, 7) is 3.32. The minimum absolute atomic E-state index is 0.00649. The Morgan fingerprint density at radius 3 is 1.58 bits per heavy atom. The van der Waals surface area contributed by atoms with Crippen LogP contribution >= 0.6 is 0 Å². The molecule has 6 amide bonds. The van der Waals surface area contributed by atoms with Crippen molar-refractivity contribution in [2.75, 3.05) is 21.3 Å². The highest BCUT2D eigenvalue weighted by atomic mass is 19.4. The molecular weight excluding hydrogens is 858 g/mol. The zero-order chi connectivity index (χ0) is 47.2. The number of hydrogen-bond acceptors (Lipinski definition) is 11. The van der Waals surface area contributed by atoms with Gasteiger partial charge < -0.3 is 47.3 Å². The summed E-state index contributed by atoms with van der Waals surface area (Å²) >= 11 is 0. The Bertz CT molecular complexity index is 2700. The molecule has 1 atom stereocenters. The maximum atomic E-state index is 13.3. The fourth-order valence-corrected chi connectivity index (χ4v) is 6.09. The molecule has 5 aromatic carbocycles. The van der Waals surface area contributed by atoms with Gasteiger partial charge in [0.05, 0.1) is 29.3 Å². The number of aromatic carboxylic acids is 1. The van der Waals surface area contributed by atoms with Crippen LogP contribution in [-0.4, -0.2) is 69.9 Å². The number of benzene rings is 5. The van der Waals surface area contributed by atoms with Crippen molar-refractivity contribution in [2.45, 2.75) is 44.3 Å². The fourth-order valence-electron chi connectivity index (χ4n) is 6.09. The van der Waals surface area contributed by atoms with E-state index in [1.165, 1.54) is 97.1 Å². The molecule has 18 nitrogen and oxygen atoms in total. The largest absolute Gasteiger partial charge is 0.504 e. The van der Waals surface area contributed by atoms with Crippen LogP contribution in [-0.2, 0) is 15.3 Å². The molecule has 0 bridgehead atoms. The van der Waals surface area contributed by atoms with Gasteiger partial charge >= 0.3 is 17.8 Å². The van der Waals surface area contributed by atoms with Crippen LogP contribution in [0.25, 0.3) is 0 Å². The number of rotatable bonds is 16. The zero-order valence-electron chi connectivity index (χ0n) is 34.0. The first kappa shape index (κ1) is 45.9. The second-order valence-electron chi connectivity index (χ2n) is 14.5. The Morgan fingerprint density at radius 2 is 1.11 bits per heavy atom. The van der Waals surface area contributed by atoms with Gasteiger partial charge in [-0.2, -0.15) is 13.2 Å². The van der Waals surface area contributed by atoms with Crippen LogP contribution < -0.4 is 37.1 Å². The molecule has 1 heterocycles. The number of phenols is 1. The molecule has 0 fully saturated rings. The monoisotopic (exact) mass is 894 g/mol. The van der Waals surface area contributed by atoms with Crippen LogP contribution in [0.15, 0.2) is 119 Å². The van der Waals surface area contributed by atoms with Gasteiger partial charge in [0.1, 0.15) is 6.04 Å². The lowest BCUT2D eigenvalue weighted by Gasteiger charge is -2.19. The second-order valence-corrected chi connectivity index (χ2v) is 14.5. The van der Waals surface area contributed by atoms with E-state index in [0.29, 0.717) is 0 Å². The molecule has 5 aromatic rings. The quantitative estimate of drug-likeness (QED) is 0.0537. The van der Waals surface area contributed by atoms with E-state index in [9.17, 15) is 51.8 Å². The summed E-state index contributed by atoms with van der Waals surface area (Å²) in [4.78, 5) is 88.6. The molecule has 0 aliphatic carbocycles. The van der Waals surface area contributed by atoms with Crippen molar-refractivity contribution in [1.82, 2.24) is 5.32 Å². The number of ether oxygens (including phenoxy) is 1. The Labute approximate surface area is 366 Å². The molecule has 21 heteroatoms. The fraction of sp³-hybridized carbons (Fsp3) is 0.159. The van der Waals surface area contributed by atoms with Crippen LogP contribution in [0.5, 0.6) is 11.5 Å². The van der Waals surface area contributed by atoms with E-state index in [1.807, 2.05) is 0 Å². The molecule has 6 rings (SSSR count). The smallest absolute Gasteiger partial charge is 0.442 e. The van der Waals surface area contributed by atoms with Crippen LogP contribution in [0.3, 0.4) is 0 Å². The number of primary amides is 1. The van der Waals surface area contributed by atoms with Crippen molar-refractivity contribution < 1.29 is 61.7 Å². The first-order chi connectivity index (χ1) is 30.7. The van der Waals surface area contributed by atoms with Crippen LogP contribution in [0, 0.1) is 0 Å². The van der Waals surface area contributed by atoms with E-state index in [4.69, 9.17) is 15.6 Å². The number of alkyl halides is 3. The molecule has 9 N–H and O–H groups in total. The van der Waals surface area contributed by atoms with Crippen molar-refractivity contribution in [1.29, 1.82) is 0 Å². The predicted molar refractivity (Wildman–Crippen MR) is 227 cm³/mol. The number of phenolic OH excluding ortho intramolecular Hbond substituents is 1. The standard InChI is InChI=1S/C44H37F3N8O10/c1-22(2)65-36-32(20-19-31(35(36)57)40(61)50-29-17-9-26(10-18-29)42(63)64)52-38(59)24-7-15-30(16-8-24)51-41(62)33(21-34(48)56)53-39(60)25-5-13-28(14-6-25)49-37(58)23-3-11-27(12-4-23)43(54-55-43)44(45,46)47/h3-20,22,33,57H,21H2,1-2H3,(H2,48,56)(H,49,58)(H,50,61)(H,51,62)(H,52,59)(H,53,60)(H,63,64). The number of aromatic hydroxyl groups is 1. The number of carbonyl (C=O) groups is 7. The number of carboxylic acid groups (broad SMARTS) is 1. The number of amides is 6. The molecule has 0 spiro atoms. The third-order valence-electron chi connectivity index (χ3n) is 9.46. The van der Waals surface area contributed by atoms with Gasteiger partial charge in [0.25, 0.3) is 23.6 Å². The molecule has 1 aliphatic rings. The summed E-state index contributed by atoms with van der Waals surface area (Å²) in [7, 11) is 0. The highest BCUT2D eigenvalue weighted by Crippen LogP contribution is 2.52. The molecule has 0 aromatic heterocycles. The van der Waals surface area contributed by atoms with Gasteiger partial charge in [-0.1, -0.05) is 12.1 Å². The lowest BCUT2D eigenvalue weighted by molar-refractivity contribution is -0.166. The number of hydrogen-bond donors (Lipinski definition) is 8. The normalized spacial score (nSPS) is 12.9. The minimum atomic E-state index is -4.72. The predicted octanol–water partition coefficient (Wildman–Crippen LogP) is 6.43. The summed E-state index contributed by atoms with van der Waals surface area (Å²) in [5.41, 5.74) is 3.10. The van der Waals surface area contributed by atoms with Gasteiger partial charge in [-0.05, 0) is 111 Å². The third kappa shape index (κ3) is 10.9. The number of halogens is 3. The first-order valence-corrected chi connectivity index (χ1v) is 19.3. The molecule has 1 aliphatic heterocycles. The number of carboxylic acids is 1. The first-order valence-electron chi connectivity index (χ1n) is 19.3. The molecule has 0 saturated carbocycles. The SMILES string of the molecule is CC(C)Oc1c(NC(=O)c2ccc(NC(=O)C(CC(N)=O)NC(=O)c3ccc(NC(=O)c4ccc(C5(C(F)(F)F)N=N5)cc4)cc3)cc2)ccc(C(=O)Nc2ccc(C(=O)O)cc2)c1O. The number of nitrogens with two attached hydrogens (primary N) is 1. The molecule has 0 radical (unpaired) electrons. The van der Waals surface area contributed by atoms with Gasteiger partial charge in [-0.25, -0.2) is 4.79 Å². The average Bonchev–Trinajstić information content (AvgIpc) is 4.08. The van der Waals surface area contributed by atoms with E-state index in [1.54, 1.807) is 13.8 Å². The maximum Gasteiger partial charge on any atom is 0.442 e. The highest BCUT2D eigenvalue weighted by Gasteiger charge is 2.65. The van der Waals surface area contributed by atoms with Gasteiger partial charge in [-0.3, -0.25) is 28.8 Å². The minimum Gasteiger partial charge on any atom is -0.504 e. The van der Waals surface area contributed by atoms with Gasteiger partial charge in [0.15, 0.2) is 11.5 Å². The van der Waals surface area contributed by atoms with E-state index in [-0.39, 0.29) is 61.9 Å². The molecule has 1 unspecified atom stereocenters. The number of nitrogens with zero attached hydrogens (tertiary/aromatic N) is 2. The summed E-state index contributed by atoms with van der Waals surface area (Å²) in [5, 5.41) is 39.2. The number of carbonyl (C=O) groups excluding carboxylic acids is 6. The van der Waals surface area contributed by atoms with Gasteiger partial charge in [0, 0.05) is 39.3 Å². The summed E-state index contributed by atoms with van der Waals surface area (Å²) in [6.07, 6.45) is -5.82. The number of anilines is 4. The van der Waals surface area contributed by atoms with Crippen LogP contribution in [0.1, 0.15) is 77.6 Å². The van der Waals surface area contributed by atoms with E-state index < -0.39 is 77.6 Å². The highest BCUT2D eigenvalue weighted by molar-refractivity contribution is 6.10. The lowest BCUT2D eigenvalue weighted by atomic mass is 10.0. The van der Waals surface area contributed by atoms with Gasteiger partial charge in [-0.15, -0.1) is 10.2 Å². The maximum absolute atomic E-state index is 13.3. The summed E-state index contributed by atoms with van der Waals surface area (Å²) in [5.74, 6) is -6.53. The average molecular weight is 895 g/mol. The molecular formula is C44H37F3N8O10. The van der Waals surface area contributed by atoms with Crippen molar-refractivity contribution in [3.63, 3.8) is 0 Å². The zero-order valence-corrected chi connectivity index (χ0v) is 34.0. The van der Waals surface area contributed by atoms with Crippen molar-refractivity contribution in [3.05, 3.63) is 143 Å². The topological polar surface area (TPSA) is 280 Å². The van der Waals surface area contributed by atoms with Crippen molar-refractivity contribution >= 4 is 64.2 Å². The Kier molecular flexibility index (Phi) is 13.3. The van der Waals surface area contributed by atoms with Crippen LogP contribution in [0.4, 0.5) is 35.9 Å². The van der Waals surface area contributed by atoms with Crippen molar-refractivity contribution in [3.8, 4) is 11.5 Å². The van der Waals surface area contributed by atoms with Crippen LogP contribution in [0.2, 0.25) is 0 Å². The Morgan fingerprint density at radius 1 is 0.646 bits per heavy atom. The summed E-state index contributed by atoms with van der Waals surface area (Å²) in [6, 6.07) is 21.9. The Balaban J connectivity index is 1.05. The van der Waals surface area contributed by atoms with E-state index in [2.05, 4.69) is 36.8 Å². The molecule has 65 heavy (non-hydrogen) atoms. The molecule has 0 saturated heterocycles.